The minimum absolute atomic E-state index is 0.0946. The van der Waals surface area contributed by atoms with Crippen molar-refractivity contribution in [1.29, 1.82) is 0 Å². The molecule has 1 aromatic carbocycles. The number of hydroxylamine groups is 1. The first kappa shape index (κ1) is 12.7. The largest absolute Gasteiger partial charge is 0.343 e. The van der Waals surface area contributed by atoms with Gasteiger partial charge >= 0.3 is 6.03 Å². The highest BCUT2D eigenvalue weighted by atomic mass is 16.7. The molecule has 2 amide bonds. The maximum Gasteiger partial charge on any atom is 0.343 e. The van der Waals surface area contributed by atoms with Gasteiger partial charge in [0.05, 0.1) is 11.5 Å². The molecule has 0 fully saturated rings. The third-order valence-electron chi connectivity index (χ3n) is 1.71. The van der Waals surface area contributed by atoms with Crippen molar-refractivity contribution in [3.63, 3.8) is 0 Å². The number of hydrogen-bond acceptors (Lipinski definition) is 4. The van der Waals surface area contributed by atoms with Crippen molar-refractivity contribution in [1.82, 2.24) is 5.48 Å². The van der Waals surface area contributed by atoms with Gasteiger partial charge in [-0.15, -0.1) is 6.58 Å². The van der Waals surface area contributed by atoms with Crippen LogP contribution >= 0.6 is 0 Å². The maximum absolute atomic E-state index is 11.3. The average molecular weight is 237 g/mol. The van der Waals surface area contributed by atoms with E-state index in [4.69, 9.17) is 0 Å². The zero-order valence-corrected chi connectivity index (χ0v) is 8.88. The van der Waals surface area contributed by atoms with Gasteiger partial charge in [0.2, 0.25) is 0 Å². The van der Waals surface area contributed by atoms with Crippen molar-refractivity contribution in [3.8, 4) is 0 Å². The first-order chi connectivity index (χ1) is 8.15. The van der Waals surface area contributed by atoms with E-state index in [0.29, 0.717) is 0 Å². The van der Waals surface area contributed by atoms with Crippen LogP contribution in [0.2, 0.25) is 0 Å². The Morgan fingerprint density at radius 3 is 2.88 bits per heavy atom. The molecule has 1 aromatic rings. The van der Waals surface area contributed by atoms with Crippen molar-refractivity contribution in [2.24, 2.45) is 0 Å². The number of nitrogens with one attached hydrogen (secondary N) is 2. The number of anilines is 1. The summed E-state index contributed by atoms with van der Waals surface area (Å²) in [5, 5.41) is 13.0. The minimum atomic E-state index is -0.693. The topological polar surface area (TPSA) is 93.5 Å². The van der Waals surface area contributed by atoms with E-state index < -0.39 is 11.0 Å². The maximum atomic E-state index is 11.3. The molecular formula is C10H11N3O4. The number of hydrogen-bond donors (Lipinski definition) is 2. The number of urea groups is 1. The van der Waals surface area contributed by atoms with Crippen LogP contribution < -0.4 is 10.8 Å². The Labute approximate surface area is 97.2 Å². The molecule has 0 aromatic heterocycles. The molecule has 7 heteroatoms. The summed E-state index contributed by atoms with van der Waals surface area (Å²) in [5.41, 5.74) is 1.96. The second kappa shape index (κ2) is 6.23. The SMILES string of the molecule is C=CCONC(=O)Nc1ccccc1[N+](=O)[O-]. The van der Waals surface area contributed by atoms with Crippen LogP contribution in [0.25, 0.3) is 0 Å². The van der Waals surface area contributed by atoms with Crippen molar-refractivity contribution in [2.75, 3.05) is 11.9 Å². The predicted molar refractivity (Wildman–Crippen MR) is 61.4 cm³/mol. The molecule has 2 N–H and O–H groups in total. The van der Waals surface area contributed by atoms with Gasteiger partial charge < -0.3 is 5.32 Å². The van der Waals surface area contributed by atoms with Crippen LogP contribution in [0.4, 0.5) is 16.2 Å². The molecule has 1 rings (SSSR count). The number of para-hydroxylation sites is 2. The molecule has 0 saturated carbocycles. The van der Waals surface area contributed by atoms with Crippen molar-refractivity contribution < 1.29 is 14.6 Å². The Bertz CT molecular complexity index is 433. The van der Waals surface area contributed by atoms with Gasteiger partial charge in [-0.1, -0.05) is 18.2 Å². The summed E-state index contributed by atoms with van der Waals surface area (Å²) in [4.78, 5) is 26.0. The summed E-state index contributed by atoms with van der Waals surface area (Å²) in [7, 11) is 0. The molecule has 7 nitrogen and oxygen atoms in total. The Morgan fingerprint density at radius 2 is 2.24 bits per heavy atom. The van der Waals surface area contributed by atoms with E-state index in [1.807, 2.05) is 0 Å². The van der Waals surface area contributed by atoms with E-state index in [2.05, 4.69) is 22.2 Å². The summed E-state index contributed by atoms with van der Waals surface area (Å²) in [6.07, 6.45) is 1.45. The number of carbonyl (C=O) groups excluding carboxylic acids is 1. The van der Waals surface area contributed by atoms with Crippen molar-refractivity contribution in [2.45, 2.75) is 0 Å². The summed E-state index contributed by atoms with van der Waals surface area (Å²) < 4.78 is 0. The van der Waals surface area contributed by atoms with Gasteiger partial charge in [0, 0.05) is 6.07 Å². The molecule has 90 valence electrons. The number of benzene rings is 1. The van der Waals surface area contributed by atoms with Crippen LogP contribution in [-0.4, -0.2) is 17.6 Å². The normalized spacial score (nSPS) is 9.41. The summed E-state index contributed by atoms with van der Waals surface area (Å²) in [6, 6.07) is 5.11. The van der Waals surface area contributed by atoms with Gasteiger partial charge in [-0.2, -0.15) is 0 Å². The summed E-state index contributed by atoms with van der Waals surface area (Å²) in [5.74, 6) is 0. The number of nitrogens with zero attached hydrogens (tertiary/aromatic N) is 1. The second-order valence-corrected chi connectivity index (χ2v) is 2.93. The molecule has 0 atom stereocenters. The molecule has 0 saturated heterocycles. The molecule has 0 aliphatic rings. The fourth-order valence-electron chi connectivity index (χ4n) is 1.05. The van der Waals surface area contributed by atoms with Gasteiger partial charge in [0.25, 0.3) is 5.69 Å². The van der Waals surface area contributed by atoms with E-state index in [1.165, 1.54) is 24.3 Å². The summed E-state index contributed by atoms with van der Waals surface area (Å²) >= 11 is 0. The summed E-state index contributed by atoms with van der Waals surface area (Å²) in [6.45, 7) is 3.54. The third-order valence-corrected chi connectivity index (χ3v) is 1.71. The Hall–Kier alpha value is -2.41. The van der Waals surface area contributed by atoms with Crippen LogP contribution in [0, 0.1) is 10.1 Å². The molecular weight excluding hydrogens is 226 g/mol. The first-order valence-electron chi connectivity index (χ1n) is 4.68. The number of carbonyl (C=O) groups is 1. The number of nitro benzene ring substituents is 1. The standard InChI is InChI=1S/C10H11N3O4/c1-2-7-17-12-10(14)11-8-5-3-4-6-9(8)13(15)16/h2-6H,1,7H2,(H2,11,12,14). The monoisotopic (exact) mass is 237 g/mol. The highest BCUT2D eigenvalue weighted by Gasteiger charge is 2.14. The molecule has 0 heterocycles. The number of amides is 2. The van der Waals surface area contributed by atoms with Crippen molar-refractivity contribution >= 4 is 17.4 Å². The van der Waals surface area contributed by atoms with Crippen LogP contribution in [0.5, 0.6) is 0 Å². The highest BCUT2D eigenvalue weighted by Crippen LogP contribution is 2.22. The van der Waals surface area contributed by atoms with E-state index in [-0.39, 0.29) is 18.0 Å². The third kappa shape index (κ3) is 3.92. The van der Waals surface area contributed by atoms with E-state index >= 15 is 0 Å². The van der Waals surface area contributed by atoms with Crippen LogP contribution in [-0.2, 0) is 4.84 Å². The fraction of sp³-hybridized carbons (Fsp3) is 0.100. The minimum Gasteiger partial charge on any atom is -0.300 e. The molecule has 0 spiro atoms. The van der Waals surface area contributed by atoms with E-state index in [9.17, 15) is 14.9 Å². The Kier molecular flexibility index (Phi) is 4.64. The lowest BCUT2D eigenvalue weighted by Gasteiger charge is -2.06. The molecule has 0 unspecified atom stereocenters. The lowest BCUT2D eigenvalue weighted by Crippen LogP contribution is -2.29. The van der Waals surface area contributed by atoms with Gasteiger partial charge in [-0.25, -0.2) is 10.3 Å². The lowest BCUT2D eigenvalue weighted by atomic mass is 10.3. The lowest BCUT2D eigenvalue weighted by molar-refractivity contribution is -0.383. The molecule has 17 heavy (non-hydrogen) atoms. The average Bonchev–Trinajstić information content (AvgIpc) is 2.29. The van der Waals surface area contributed by atoms with Crippen LogP contribution in [0.1, 0.15) is 0 Å². The van der Waals surface area contributed by atoms with Gasteiger partial charge in [0.15, 0.2) is 0 Å². The smallest absolute Gasteiger partial charge is 0.300 e. The number of nitro groups is 1. The van der Waals surface area contributed by atoms with Gasteiger partial charge in [-0.05, 0) is 6.07 Å². The first-order valence-corrected chi connectivity index (χ1v) is 4.68. The molecule has 0 bridgehead atoms. The van der Waals surface area contributed by atoms with Crippen molar-refractivity contribution in [3.05, 3.63) is 47.0 Å². The molecule has 0 aliphatic carbocycles. The zero-order valence-electron chi connectivity index (χ0n) is 8.88. The quantitative estimate of drug-likeness (QED) is 0.353. The van der Waals surface area contributed by atoms with Crippen LogP contribution in [0.15, 0.2) is 36.9 Å². The number of rotatable bonds is 5. The predicted octanol–water partition coefficient (Wildman–Crippen LogP) is 1.83. The van der Waals surface area contributed by atoms with E-state index in [1.54, 1.807) is 6.07 Å². The molecule has 0 aliphatic heterocycles. The zero-order chi connectivity index (χ0) is 12.7. The van der Waals surface area contributed by atoms with Gasteiger partial charge in [-0.3, -0.25) is 15.0 Å². The fourth-order valence-corrected chi connectivity index (χ4v) is 1.05. The Morgan fingerprint density at radius 1 is 1.53 bits per heavy atom. The van der Waals surface area contributed by atoms with Crippen LogP contribution in [0.3, 0.4) is 0 Å². The van der Waals surface area contributed by atoms with E-state index in [0.717, 1.165) is 0 Å². The van der Waals surface area contributed by atoms with Gasteiger partial charge in [0.1, 0.15) is 5.69 Å². The highest BCUT2D eigenvalue weighted by molar-refractivity contribution is 5.91. The molecule has 0 radical (unpaired) electrons. The Balaban J connectivity index is 2.64. The second-order valence-electron chi connectivity index (χ2n) is 2.93.